The summed E-state index contributed by atoms with van der Waals surface area (Å²) in [6, 6.07) is 22.1. The summed E-state index contributed by atoms with van der Waals surface area (Å²) in [6.45, 7) is 6.63. The van der Waals surface area contributed by atoms with Gasteiger partial charge in [0.25, 0.3) is 0 Å². The van der Waals surface area contributed by atoms with E-state index in [1.807, 2.05) is 0 Å². The van der Waals surface area contributed by atoms with Gasteiger partial charge in [-0.25, -0.2) is 0 Å². The Morgan fingerprint density at radius 2 is 1.32 bits per heavy atom. The van der Waals surface area contributed by atoms with Crippen LogP contribution in [0.3, 0.4) is 0 Å². The van der Waals surface area contributed by atoms with Gasteiger partial charge in [0, 0.05) is 24.5 Å². The van der Waals surface area contributed by atoms with Crippen molar-refractivity contribution in [2.45, 2.75) is 39.4 Å². The molecule has 0 heterocycles. The van der Waals surface area contributed by atoms with Gasteiger partial charge in [-0.15, -0.1) is 0 Å². The molecular formula is C20H26BrN. The molecule has 0 aliphatic carbocycles. The van der Waals surface area contributed by atoms with Gasteiger partial charge in [-0.2, -0.15) is 0 Å². The fraction of sp³-hybridized carbons (Fsp3) is 0.400. The standard InChI is InChI=1S/C20H26BrN/c1-3-17(2)20(14-21)22(15-18-10-6-4-7-11-18)16-19-12-8-5-9-13-19/h4-13,17,20H,3,14-16H2,1-2H3/t17?,20-/m1/s1. The van der Waals surface area contributed by atoms with E-state index in [4.69, 9.17) is 0 Å². The van der Waals surface area contributed by atoms with Crippen LogP contribution >= 0.6 is 15.9 Å². The Morgan fingerprint density at radius 1 is 0.864 bits per heavy atom. The van der Waals surface area contributed by atoms with Gasteiger partial charge in [0.15, 0.2) is 0 Å². The van der Waals surface area contributed by atoms with Gasteiger partial charge in [0.1, 0.15) is 0 Å². The van der Waals surface area contributed by atoms with Crippen LogP contribution in [-0.4, -0.2) is 16.3 Å². The molecule has 1 nitrogen and oxygen atoms in total. The van der Waals surface area contributed by atoms with Crippen molar-refractivity contribution in [2.24, 2.45) is 5.92 Å². The Hall–Kier alpha value is -1.12. The summed E-state index contributed by atoms with van der Waals surface area (Å²) in [4.78, 5) is 2.60. The highest BCUT2D eigenvalue weighted by Gasteiger charge is 2.22. The largest absolute Gasteiger partial charge is 0.291 e. The molecule has 2 aromatic carbocycles. The first-order valence-electron chi connectivity index (χ1n) is 8.12. The Kier molecular flexibility index (Phi) is 7.14. The number of halogens is 1. The van der Waals surface area contributed by atoms with Crippen molar-refractivity contribution in [3.8, 4) is 0 Å². The van der Waals surface area contributed by atoms with E-state index >= 15 is 0 Å². The third-order valence-electron chi connectivity index (χ3n) is 4.38. The molecule has 0 saturated carbocycles. The molecule has 0 spiro atoms. The van der Waals surface area contributed by atoms with Crippen molar-refractivity contribution in [3.05, 3.63) is 71.8 Å². The molecule has 2 heteroatoms. The van der Waals surface area contributed by atoms with Crippen LogP contribution in [0.15, 0.2) is 60.7 Å². The Balaban J connectivity index is 2.19. The second kappa shape index (κ2) is 9.12. The van der Waals surface area contributed by atoms with Crippen molar-refractivity contribution in [2.75, 3.05) is 5.33 Å². The molecule has 0 bridgehead atoms. The number of hydrogen-bond donors (Lipinski definition) is 0. The van der Waals surface area contributed by atoms with Crippen LogP contribution in [0.1, 0.15) is 31.4 Å². The van der Waals surface area contributed by atoms with E-state index in [9.17, 15) is 0 Å². The van der Waals surface area contributed by atoms with Crippen molar-refractivity contribution in [1.82, 2.24) is 4.90 Å². The van der Waals surface area contributed by atoms with Crippen LogP contribution in [0, 0.1) is 5.92 Å². The zero-order valence-corrected chi connectivity index (χ0v) is 15.2. The van der Waals surface area contributed by atoms with Gasteiger partial charge in [0.05, 0.1) is 0 Å². The van der Waals surface area contributed by atoms with Crippen molar-refractivity contribution < 1.29 is 0 Å². The summed E-state index contributed by atoms with van der Waals surface area (Å²) in [7, 11) is 0. The molecule has 0 fully saturated rings. The van der Waals surface area contributed by atoms with Gasteiger partial charge in [-0.3, -0.25) is 4.90 Å². The molecule has 2 atom stereocenters. The number of nitrogens with zero attached hydrogens (tertiary/aromatic N) is 1. The summed E-state index contributed by atoms with van der Waals surface area (Å²) < 4.78 is 0. The summed E-state index contributed by atoms with van der Waals surface area (Å²) >= 11 is 3.74. The van der Waals surface area contributed by atoms with Gasteiger partial charge in [-0.1, -0.05) is 96.9 Å². The number of hydrogen-bond acceptors (Lipinski definition) is 1. The normalized spacial score (nSPS) is 14.0. The summed E-state index contributed by atoms with van der Waals surface area (Å²) in [6.07, 6.45) is 1.20. The second-order valence-corrected chi connectivity index (χ2v) is 6.63. The smallest absolute Gasteiger partial charge is 0.0240 e. The van der Waals surface area contributed by atoms with E-state index in [2.05, 4.69) is 95.3 Å². The summed E-state index contributed by atoms with van der Waals surface area (Å²) in [5.74, 6) is 0.673. The SMILES string of the molecule is CCC(C)[C@@H](CBr)N(Cc1ccccc1)Cc1ccccc1. The van der Waals surface area contributed by atoms with Crippen LogP contribution in [0.5, 0.6) is 0 Å². The molecule has 1 unspecified atom stereocenters. The first-order valence-corrected chi connectivity index (χ1v) is 9.24. The molecule has 0 amide bonds. The van der Waals surface area contributed by atoms with Crippen LogP contribution < -0.4 is 0 Å². The molecule has 118 valence electrons. The lowest BCUT2D eigenvalue weighted by Crippen LogP contribution is -2.40. The average molecular weight is 360 g/mol. The van der Waals surface area contributed by atoms with E-state index in [0.717, 1.165) is 18.4 Å². The van der Waals surface area contributed by atoms with Gasteiger partial charge in [0.2, 0.25) is 0 Å². The maximum atomic E-state index is 3.74. The van der Waals surface area contributed by atoms with Crippen LogP contribution in [-0.2, 0) is 13.1 Å². The topological polar surface area (TPSA) is 3.24 Å². The molecule has 0 aliphatic heterocycles. The fourth-order valence-electron chi connectivity index (χ4n) is 2.81. The van der Waals surface area contributed by atoms with Gasteiger partial charge in [-0.05, 0) is 17.0 Å². The lowest BCUT2D eigenvalue weighted by atomic mass is 9.98. The number of rotatable bonds is 8. The quantitative estimate of drug-likeness (QED) is 0.562. The molecule has 22 heavy (non-hydrogen) atoms. The Morgan fingerprint density at radius 3 is 1.68 bits per heavy atom. The maximum Gasteiger partial charge on any atom is 0.0240 e. The fourth-order valence-corrected chi connectivity index (χ4v) is 3.86. The summed E-state index contributed by atoms with van der Waals surface area (Å²) in [5, 5.41) is 1.02. The lowest BCUT2D eigenvalue weighted by molar-refractivity contribution is 0.146. The first-order chi connectivity index (χ1) is 10.7. The van der Waals surface area contributed by atoms with Crippen LogP contribution in [0.2, 0.25) is 0 Å². The Bertz CT molecular complexity index is 484. The molecule has 2 aromatic rings. The first kappa shape index (κ1) is 17.2. The zero-order valence-electron chi connectivity index (χ0n) is 13.6. The maximum absolute atomic E-state index is 3.74. The van der Waals surface area contributed by atoms with E-state index in [1.54, 1.807) is 0 Å². The van der Waals surface area contributed by atoms with Crippen LogP contribution in [0.4, 0.5) is 0 Å². The second-order valence-electron chi connectivity index (χ2n) is 5.98. The third-order valence-corrected chi connectivity index (χ3v) is 5.05. The third kappa shape index (κ3) is 4.96. The molecular weight excluding hydrogens is 334 g/mol. The minimum Gasteiger partial charge on any atom is -0.291 e. The highest BCUT2D eigenvalue weighted by molar-refractivity contribution is 9.09. The van der Waals surface area contributed by atoms with Crippen molar-refractivity contribution in [3.63, 3.8) is 0 Å². The molecule has 0 aliphatic rings. The van der Waals surface area contributed by atoms with Gasteiger partial charge >= 0.3 is 0 Å². The highest BCUT2D eigenvalue weighted by Crippen LogP contribution is 2.22. The molecule has 0 saturated heterocycles. The monoisotopic (exact) mass is 359 g/mol. The highest BCUT2D eigenvalue weighted by atomic mass is 79.9. The van der Waals surface area contributed by atoms with E-state index in [-0.39, 0.29) is 0 Å². The molecule has 0 aromatic heterocycles. The summed E-state index contributed by atoms with van der Waals surface area (Å²) in [5.41, 5.74) is 2.76. The minimum atomic E-state index is 0.547. The zero-order chi connectivity index (χ0) is 15.8. The van der Waals surface area contributed by atoms with Crippen molar-refractivity contribution >= 4 is 15.9 Å². The minimum absolute atomic E-state index is 0.547. The molecule has 0 N–H and O–H groups in total. The van der Waals surface area contributed by atoms with Crippen LogP contribution in [0.25, 0.3) is 0 Å². The van der Waals surface area contributed by atoms with E-state index in [1.165, 1.54) is 17.5 Å². The van der Waals surface area contributed by atoms with E-state index in [0.29, 0.717) is 12.0 Å². The number of benzene rings is 2. The average Bonchev–Trinajstić information content (AvgIpc) is 2.57. The Labute approximate surface area is 143 Å². The predicted molar refractivity (Wildman–Crippen MR) is 99.2 cm³/mol. The van der Waals surface area contributed by atoms with E-state index < -0.39 is 0 Å². The number of alkyl halides is 1. The lowest BCUT2D eigenvalue weighted by Gasteiger charge is -2.34. The molecule has 2 rings (SSSR count). The predicted octanol–water partition coefficient (Wildman–Crippen LogP) is 5.50. The van der Waals surface area contributed by atoms with Gasteiger partial charge < -0.3 is 0 Å². The molecule has 0 radical (unpaired) electrons. The van der Waals surface area contributed by atoms with Crippen molar-refractivity contribution in [1.29, 1.82) is 0 Å².